The summed E-state index contributed by atoms with van der Waals surface area (Å²) in [6.45, 7) is 3.65. The smallest absolute Gasteiger partial charge is 0.319 e. The van der Waals surface area contributed by atoms with Gasteiger partial charge in [-0.25, -0.2) is 9.78 Å². The van der Waals surface area contributed by atoms with E-state index < -0.39 is 0 Å². The number of nitrogens with zero attached hydrogens (tertiary/aromatic N) is 4. The number of carbonyl (C=O) groups is 1. The van der Waals surface area contributed by atoms with Crippen LogP contribution in [0.5, 0.6) is 0 Å². The number of nitrogens with one attached hydrogen (secondary N) is 2. The van der Waals surface area contributed by atoms with E-state index in [1.54, 1.807) is 18.6 Å². The Balaban J connectivity index is 1.35. The van der Waals surface area contributed by atoms with Crippen LogP contribution in [-0.2, 0) is 0 Å². The molecule has 0 spiro atoms. The maximum atomic E-state index is 12.5. The summed E-state index contributed by atoms with van der Waals surface area (Å²) in [5.41, 5.74) is 2.61. The van der Waals surface area contributed by atoms with Gasteiger partial charge in [0.25, 0.3) is 0 Å². The summed E-state index contributed by atoms with van der Waals surface area (Å²) in [6.07, 6.45) is 6.90. The number of piperidine rings is 1. The van der Waals surface area contributed by atoms with Gasteiger partial charge in [0.2, 0.25) is 0 Å². The van der Waals surface area contributed by atoms with Crippen LogP contribution in [0.15, 0.2) is 48.9 Å². The fourth-order valence-electron chi connectivity index (χ4n) is 3.42. The second kappa shape index (κ2) is 7.57. The number of aryl methyl sites for hydroxylation is 1. The van der Waals surface area contributed by atoms with Crippen LogP contribution in [0.25, 0.3) is 10.9 Å². The quantitative estimate of drug-likeness (QED) is 0.748. The van der Waals surface area contributed by atoms with Crippen LogP contribution in [0.4, 0.5) is 16.3 Å². The van der Waals surface area contributed by atoms with Crippen molar-refractivity contribution < 1.29 is 4.79 Å². The predicted molar refractivity (Wildman–Crippen MR) is 106 cm³/mol. The number of amides is 2. The fourth-order valence-corrected chi connectivity index (χ4v) is 3.42. The van der Waals surface area contributed by atoms with E-state index in [2.05, 4.69) is 30.5 Å². The standard InChI is InChI=1S/C20H22N6O/c1-14-5-6-16-17(23-14)3-2-4-18(16)25-20(27)24-15-7-11-26(12-8-15)19-13-21-9-10-22-19/h2-6,9-10,13,15H,7-8,11-12H2,1H3,(H2,24,25,27). The summed E-state index contributed by atoms with van der Waals surface area (Å²) in [7, 11) is 0. The monoisotopic (exact) mass is 362 g/mol. The summed E-state index contributed by atoms with van der Waals surface area (Å²) in [4.78, 5) is 27.6. The Morgan fingerprint density at radius 2 is 2.00 bits per heavy atom. The molecule has 27 heavy (non-hydrogen) atoms. The van der Waals surface area contributed by atoms with E-state index in [-0.39, 0.29) is 12.1 Å². The number of hydrogen-bond donors (Lipinski definition) is 2. The van der Waals surface area contributed by atoms with Crippen molar-refractivity contribution in [1.29, 1.82) is 0 Å². The van der Waals surface area contributed by atoms with Gasteiger partial charge in [-0.05, 0) is 44.0 Å². The maximum Gasteiger partial charge on any atom is 0.319 e. The van der Waals surface area contributed by atoms with Crippen LogP contribution in [0.1, 0.15) is 18.5 Å². The highest BCUT2D eigenvalue weighted by Crippen LogP contribution is 2.22. The van der Waals surface area contributed by atoms with Crippen molar-refractivity contribution >= 4 is 28.4 Å². The lowest BCUT2D eigenvalue weighted by Gasteiger charge is -2.32. The van der Waals surface area contributed by atoms with Crippen molar-refractivity contribution in [3.05, 3.63) is 54.6 Å². The first kappa shape index (κ1) is 17.2. The molecular weight excluding hydrogens is 340 g/mol. The van der Waals surface area contributed by atoms with Crippen LogP contribution in [0, 0.1) is 6.92 Å². The number of carbonyl (C=O) groups excluding carboxylic acids is 1. The fraction of sp³-hybridized carbons (Fsp3) is 0.300. The van der Waals surface area contributed by atoms with E-state index in [0.29, 0.717) is 0 Å². The average Bonchev–Trinajstić information content (AvgIpc) is 2.69. The van der Waals surface area contributed by atoms with Crippen LogP contribution < -0.4 is 15.5 Å². The van der Waals surface area contributed by atoms with Crippen molar-refractivity contribution in [1.82, 2.24) is 20.3 Å². The largest absolute Gasteiger partial charge is 0.355 e. The zero-order chi connectivity index (χ0) is 18.6. The third kappa shape index (κ3) is 3.97. The van der Waals surface area contributed by atoms with E-state index in [0.717, 1.165) is 54.0 Å². The molecule has 2 N–H and O–H groups in total. The van der Waals surface area contributed by atoms with Gasteiger partial charge in [-0.2, -0.15) is 0 Å². The zero-order valence-electron chi connectivity index (χ0n) is 15.2. The van der Waals surface area contributed by atoms with E-state index in [1.165, 1.54) is 0 Å². The SMILES string of the molecule is Cc1ccc2c(NC(=O)NC3CCN(c4cnccn4)CC3)cccc2n1. The number of hydrogen-bond acceptors (Lipinski definition) is 5. The molecule has 138 valence electrons. The Morgan fingerprint density at radius 3 is 2.78 bits per heavy atom. The molecule has 1 aliphatic rings. The molecule has 0 unspecified atom stereocenters. The second-order valence-electron chi connectivity index (χ2n) is 6.75. The Morgan fingerprint density at radius 1 is 1.15 bits per heavy atom. The summed E-state index contributed by atoms with van der Waals surface area (Å²) < 4.78 is 0. The number of pyridine rings is 1. The third-order valence-corrected chi connectivity index (χ3v) is 4.82. The van der Waals surface area contributed by atoms with Gasteiger partial charge >= 0.3 is 6.03 Å². The summed E-state index contributed by atoms with van der Waals surface area (Å²) >= 11 is 0. The van der Waals surface area contributed by atoms with E-state index >= 15 is 0 Å². The first-order chi connectivity index (χ1) is 13.2. The zero-order valence-corrected chi connectivity index (χ0v) is 15.2. The topological polar surface area (TPSA) is 83.0 Å². The molecule has 0 saturated carbocycles. The van der Waals surface area contributed by atoms with Crippen molar-refractivity contribution in [2.24, 2.45) is 0 Å². The molecule has 2 amide bonds. The molecule has 1 aliphatic heterocycles. The molecule has 7 heteroatoms. The number of fused-ring (bicyclic) bond motifs is 1. The van der Waals surface area contributed by atoms with E-state index in [9.17, 15) is 4.79 Å². The minimum absolute atomic E-state index is 0.147. The van der Waals surface area contributed by atoms with Crippen molar-refractivity contribution in [3.8, 4) is 0 Å². The van der Waals surface area contributed by atoms with Crippen molar-refractivity contribution in [3.63, 3.8) is 0 Å². The second-order valence-corrected chi connectivity index (χ2v) is 6.75. The number of benzene rings is 1. The molecule has 0 atom stereocenters. The van der Waals surface area contributed by atoms with Gasteiger partial charge < -0.3 is 15.5 Å². The lowest BCUT2D eigenvalue weighted by molar-refractivity contribution is 0.246. The minimum atomic E-state index is -0.180. The highest BCUT2D eigenvalue weighted by atomic mass is 16.2. The Bertz CT molecular complexity index is 938. The molecule has 0 radical (unpaired) electrons. The van der Waals surface area contributed by atoms with Crippen molar-refractivity contribution in [2.75, 3.05) is 23.3 Å². The molecule has 3 aromatic rings. The number of urea groups is 1. The summed E-state index contributed by atoms with van der Waals surface area (Å²) in [5.74, 6) is 0.888. The molecule has 7 nitrogen and oxygen atoms in total. The van der Waals surface area contributed by atoms with Crippen LogP contribution >= 0.6 is 0 Å². The molecule has 2 aromatic heterocycles. The lowest BCUT2D eigenvalue weighted by Crippen LogP contribution is -2.46. The number of anilines is 2. The molecule has 0 aliphatic carbocycles. The molecule has 0 bridgehead atoms. The van der Waals surface area contributed by atoms with Crippen LogP contribution in [0.2, 0.25) is 0 Å². The van der Waals surface area contributed by atoms with Gasteiger partial charge in [0.05, 0.1) is 17.4 Å². The molecular formula is C20H22N6O. The lowest BCUT2D eigenvalue weighted by atomic mass is 10.1. The molecule has 3 heterocycles. The van der Waals surface area contributed by atoms with Gasteiger partial charge in [0.15, 0.2) is 0 Å². The first-order valence-corrected chi connectivity index (χ1v) is 9.14. The molecule has 1 fully saturated rings. The highest BCUT2D eigenvalue weighted by Gasteiger charge is 2.21. The van der Waals surface area contributed by atoms with Crippen LogP contribution in [0.3, 0.4) is 0 Å². The molecule has 1 aromatic carbocycles. The van der Waals surface area contributed by atoms with Crippen LogP contribution in [-0.4, -0.2) is 40.1 Å². The number of aromatic nitrogens is 3. The highest BCUT2D eigenvalue weighted by molar-refractivity contribution is 6.00. The Hall–Kier alpha value is -3.22. The number of rotatable bonds is 3. The van der Waals surface area contributed by atoms with Gasteiger partial charge in [-0.15, -0.1) is 0 Å². The van der Waals surface area contributed by atoms with E-state index in [1.807, 2.05) is 37.3 Å². The Kier molecular flexibility index (Phi) is 4.82. The van der Waals surface area contributed by atoms with Gasteiger partial charge in [-0.3, -0.25) is 9.97 Å². The first-order valence-electron chi connectivity index (χ1n) is 9.14. The minimum Gasteiger partial charge on any atom is -0.355 e. The van der Waals surface area contributed by atoms with Crippen molar-refractivity contribution in [2.45, 2.75) is 25.8 Å². The van der Waals surface area contributed by atoms with Gasteiger partial charge in [0.1, 0.15) is 5.82 Å². The molecule has 1 saturated heterocycles. The molecule has 4 rings (SSSR count). The normalized spacial score (nSPS) is 14.9. The van der Waals surface area contributed by atoms with E-state index in [4.69, 9.17) is 0 Å². The Labute approximate surface area is 157 Å². The predicted octanol–water partition coefficient (Wildman–Crippen LogP) is 3.12. The third-order valence-electron chi connectivity index (χ3n) is 4.82. The van der Waals surface area contributed by atoms with Gasteiger partial charge in [0, 0.05) is 42.6 Å². The van der Waals surface area contributed by atoms with Gasteiger partial charge in [-0.1, -0.05) is 6.07 Å². The summed E-state index contributed by atoms with van der Waals surface area (Å²) in [5, 5.41) is 6.99. The maximum absolute atomic E-state index is 12.5. The average molecular weight is 362 g/mol. The summed E-state index contributed by atoms with van der Waals surface area (Å²) in [6, 6.07) is 9.67.